The first-order valence-electron chi connectivity index (χ1n) is 8.65. The maximum absolute atomic E-state index is 13.7. The standard InChI is InChI=1S/C19H23F3O5/c1-17(2,3)27-16(25)13-4-6-14(7-5-13)26-18(19(20,21)22)10-8-12(9-11-18)15(23)24/h4-7,12H,8-11H2,1-3H3,(H,23,24). The maximum atomic E-state index is 13.7. The molecular formula is C19H23F3O5. The van der Waals surface area contributed by atoms with E-state index in [0.29, 0.717) is 0 Å². The van der Waals surface area contributed by atoms with Gasteiger partial charge in [0.15, 0.2) is 0 Å². The van der Waals surface area contributed by atoms with Crippen molar-refractivity contribution < 1.29 is 37.3 Å². The van der Waals surface area contributed by atoms with Crippen LogP contribution in [0.4, 0.5) is 13.2 Å². The van der Waals surface area contributed by atoms with Gasteiger partial charge in [0.1, 0.15) is 11.4 Å². The van der Waals surface area contributed by atoms with Crippen molar-refractivity contribution in [2.75, 3.05) is 0 Å². The normalized spacial score (nSPS) is 23.6. The lowest BCUT2D eigenvalue weighted by atomic mass is 9.78. The number of alkyl halides is 3. The van der Waals surface area contributed by atoms with Crippen LogP contribution in [0.2, 0.25) is 0 Å². The Morgan fingerprint density at radius 2 is 1.59 bits per heavy atom. The first-order valence-corrected chi connectivity index (χ1v) is 8.65. The van der Waals surface area contributed by atoms with Gasteiger partial charge in [-0.15, -0.1) is 0 Å². The average Bonchev–Trinajstić information content (AvgIpc) is 2.53. The summed E-state index contributed by atoms with van der Waals surface area (Å²) in [6.45, 7) is 5.13. The highest BCUT2D eigenvalue weighted by Crippen LogP contribution is 2.46. The molecule has 1 N–H and O–H groups in total. The Morgan fingerprint density at radius 1 is 1.07 bits per heavy atom. The summed E-state index contributed by atoms with van der Waals surface area (Å²) in [5, 5.41) is 9.00. The van der Waals surface area contributed by atoms with Gasteiger partial charge in [-0.3, -0.25) is 4.79 Å². The van der Waals surface area contributed by atoms with Crippen LogP contribution in [0, 0.1) is 5.92 Å². The van der Waals surface area contributed by atoms with Gasteiger partial charge in [0.2, 0.25) is 5.60 Å². The molecule has 1 aromatic carbocycles. The molecule has 0 aliphatic heterocycles. The van der Waals surface area contributed by atoms with Crippen LogP contribution in [0.3, 0.4) is 0 Å². The molecule has 0 amide bonds. The molecule has 1 fully saturated rings. The van der Waals surface area contributed by atoms with Crippen molar-refractivity contribution in [1.82, 2.24) is 0 Å². The molecule has 5 nitrogen and oxygen atoms in total. The molecule has 150 valence electrons. The van der Waals surface area contributed by atoms with Gasteiger partial charge in [-0.25, -0.2) is 4.79 Å². The number of hydrogen-bond acceptors (Lipinski definition) is 4. The van der Waals surface area contributed by atoms with E-state index < -0.39 is 48.1 Å². The molecule has 0 spiro atoms. The van der Waals surface area contributed by atoms with E-state index in [4.69, 9.17) is 14.6 Å². The fourth-order valence-electron chi connectivity index (χ4n) is 3.00. The van der Waals surface area contributed by atoms with Crippen molar-refractivity contribution in [3.8, 4) is 5.75 Å². The summed E-state index contributed by atoms with van der Waals surface area (Å²) in [4.78, 5) is 23.0. The number of aliphatic carboxylic acids is 1. The second kappa shape index (κ2) is 7.40. The topological polar surface area (TPSA) is 72.8 Å². The Bertz CT molecular complexity index is 681. The molecular weight excluding hydrogens is 365 g/mol. The zero-order valence-electron chi connectivity index (χ0n) is 15.4. The van der Waals surface area contributed by atoms with E-state index in [1.807, 2.05) is 0 Å². The molecule has 0 aromatic heterocycles. The van der Waals surface area contributed by atoms with Gasteiger partial charge in [0.05, 0.1) is 11.5 Å². The van der Waals surface area contributed by atoms with Crippen molar-refractivity contribution in [2.24, 2.45) is 5.92 Å². The SMILES string of the molecule is CC(C)(C)OC(=O)c1ccc(OC2(C(F)(F)F)CCC(C(=O)O)CC2)cc1. The number of carboxylic acid groups (broad SMARTS) is 1. The summed E-state index contributed by atoms with van der Waals surface area (Å²) in [6, 6.07) is 5.26. The molecule has 1 aliphatic rings. The molecule has 2 rings (SSSR count). The Kier molecular flexibility index (Phi) is 5.77. The summed E-state index contributed by atoms with van der Waals surface area (Å²) < 4.78 is 51.5. The zero-order chi connectivity index (χ0) is 20.5. The van der Waals surface area contributed by atoms with Gasteiger partial charge in [0.25, 0.3) is 0 Å². The van der Waals surface area contributed by atoms with Crippen LogP contribution in [-0.4, -0.2) is 34.4 Å². The van der Waals surface area contributed by atoms with Crippen molar-refractivity contribution >= 4 is 11.9 Å². The Hall–Kier alpha value is -2.25. The van der Waals surface area contributed by atoms with Gasteiger partial charge >= 0.3 is 18.1 Å². The number of esters is 1. The molecule has 0 unspecified atom stereocenters. The van der Waals surface area contributed by atoms with Crippen molar-refractivity contribution in [2.45, 2.75) is 63.8 Å². The number of benzene rings is 1. The quantitative estimate of drug-likeness (QED) is 0.764. The number of ether oxygens (including phenoxy) is 2. The number of carbonyl (C=O) groups is 2. The monoisotopic (exact) mass is 388 g/mol. The summed E-state index contributed by atoms with van der Waals surface area (Å²) in [5.41, 5.74) is -2.91. The summed E-state index contributed by atoms with van der Waals surface area (Å²) >= 11 is 0. The van der Waals surface area contributed by atoms with Crippen LogP contribution in [0.5, 0.6) is 5.75 Å². The molecule has 0 saturated heterocycles. The molecule has 0 atom stereocenters. The number of hydrogen-bond donors (Lipinski definition) is 1. The van der Waals surface area contributed by atoms with E-state index in [0.717, 1.165) is 0 Å². The lowest BCUT2D eigenvalue weighted by Gasteiger charge is -2.40. The summed E-state index contributed by atoms with van der Waals surface area (Å²) in [5.74, 6) is -2.50. The van der Waals surface area contributed by atoms with Crippen molar-refractivity contribution in [3.05, 3.63) is 29.8 Å². The van der Waals surface area contributed by atoms with Crippen LogP contribution in [0.25, 0.3) is 0 Å². The molecule has 27 heavy (non-hydrogen) atoms. The van der Waals surface area contributed by atoms with Gasteiger partial charge < -0.3 is 14.6 Å². The van der Waals surface area contributed by atoms with Crippen LogP contribution in [-0.2, 0) is 9.53 Å². The van der Waals surface area contributed by atoms with Crippen LogP contribution >= 0.6 is 0 Å². The number of rotatable bonds is 4. The van der Waals surface area contributed by atoms with E-state index >= 15 is 0 Å². The molecule has 0 bridgehead atoms. The zero-order valence-corrected chi connectivity index (χ0v) is 15.4. The number of carbonyl (C=O) groups excluding carboxylic acids is 1. The Morgan fingerprint density at radius 3 is 2.00 bits per heavy atom. The van der Waals surface area contributed by atoms with E-state index in [-0.39, 0.29) is 24.2 Å². The summed E-state index contributed by atoms with van der Waals surface area (Å²) in [7, 11) is 0. The Labute approximate surface area is 155 Å². The minimum atomic E-state index is -4.64. The lowest BCUT2D eigenvalue weighted by Crippen LogP contribution is -2.53. The second-order valence-electron chi connectivity index (χ2n) is 7.73. The van der Waals surface area contributed by atoms with Gasteiger partial charge in [0, 0.05) is 0 Å². The highest BCUT2D eigenvalue weighted by Gasteiger charge is 2.58. The molecule has 0 radical (unpaired) electrons. The van der Waals surface area contributed by atoms with E-state index in [2.05, 4.69) is 0 Å². The first kappa shape index (κ1) is 21.1. The average molecular weight is 388 g/mol. The molecule has 1 saturated carbocycles. The maximum Gasteiger partial charge on any atom is 0.428 e. The Balaban J connectivity index is 2.15. The number of halogens is 3. The lowest BCUT2D eigenvalue weighted by molar-refractivity contribution is -0.260. The smallest absolute Gasteiger partial charge is 0.428 e. The number of carboxylic acids is 1. The molecule has 8 heteroatoms. The minimum Gasteiger partial charge on any atom is -0.481 e. The largest absolute Gasteiger partial charge is 0.481 e. The predicted octanol–water partition coefficient (Wildman–Crippen LogP) is 4.60. The van der Waals surface area contributed by atoms with Crippen molar-refractivity contribution in [3.63, 3.8) is 0 Å². The van der Waals surface area contributed by atoms with E-state index in [9.17, 15) is 22.8 Å². The molecule has 1 aromatic rings. The molecule has 1 aliphatic carbocycles. The predicted molar refractivity (Wildman–Crippen MR) is 90.6 cm³/mol. The third kappa shape index (κ3) is 5.14. The van der Waals surface area contributed by atoms with Gasteiger partial charge in [-0.1, -0.05) is 0 Å². The fraction of sp³-hybridized carbons (Fsp3) is 0.579. The second-order valence-corrected chi connectivity index (χ2v) is 7.73. The third-order valence-electron chi connectivity index (χ3n) is 4.46. The fourth-order valence-corrected chi connectivity index (χ4v) is 3.00. The van der Waals surface area contributed by atoms with Crippen LogP contribution in [0.15, 0.2) is 24.3 Å². The van der Waals surface area contributed by atoms with Crippen molar-refractivity contribution in [1.29, 1.82) is 0 Å². The summed E-state index contributed by atoms with van der Waals surface area (Å²) in [6.07, 6.45) is -5.71. The van der Waals surface area contributed by atoms with Gasteiger partial charge in [-0.2, -0.15) is 13.2 Å². The third-order valence-corrected chi connectivity index (χ3v) is 4.46. The highest BCUT2D eigenvalue weighted by molar-refractivity contribution is 5.89. The van der Waals surface area contributed by atoms with Crippen LogP contribution < -0.4 is 4.74 Å². The van der Waals surface area contributed by atoms with Crippen LogP contribution in [0.1, 0.15) is 56.8 Å². The first-order chi connectivity index (χ1) is 12.3. The minimum absolute atomic E-state index is 0.0339. The molecule has 0 heterocycles. The highest BCUT2D eigenvalue weighted by atomic mass is 19.4. The van der Waals surface area contributed by atoms with E-state index in [1.54, 1.807) is 20.8 Å². The van der Waals surface area contributed by atoms with E-state index in [1.165, 1.54) is 24.3 Å². The van der Waals surface area contributed by atoms with Gasteiger partial charge in [-0.05, 0) is 70.7 Å².